The summed E-state index contributed by atoms with van der Waals surface area (Å²) in [5.74, 6) is -1.35. The minimum Gasteiger partial charge on any atom is -0.479 e. The number of aliphatic hydroxyl groups is 2. The van der Waals surface area contributed by atoms with Crippen molar-refractivity contribution in [3.8, 4) is 0 Å². The molecule has 4 heteroatoms. The number of carbonyl (C=O) groups is 1. The molecule has 0 radical (unpaired) electrons. The van der Waals surface area contributed by atoms with E-state index in [2.05, 4.69) is 0 Å². The highest BCUT2D eigenvalue weighted by Gasteiger charge is 2.45. The van der Waals surface area contributed by atoms with Gasteiger partial charge in [-0.1, -0.05) is 0 Å². The van der Waals surface area contributed by atoms with Crippen LogP contribution in [0.5, 0.6) is 0 Å². The maximum atomic E-state index is 10.1. The van der Waals surface area contributed by atoms with E-state index < -0.39 is 17.7 Å². The fraction of sp³-hybridized carbons (Fsp3) is 0.833. The van der Waals surface area contributed by atoms with Gasteiger partial charge in [0.15, 0.2) is 6.10 Å². The van der Waals surface area contributed by atoms with E-state index >= 15 is 0 Å². The van der Waals surface area contributed by atoms with Crippen LogP contribution in [0.3, 0.4) is 0 Å². The maximum absolute atomic E-state index is 10.1. The Hall–Kier alpha value is -0.610. The Kier molecular flexibility index (Phi) is 1.66. The van der Waals surface area contributed by atoms with Gasteiger partial charge in [-0.15, -0.1) is 0 Å². The molecular weight excluding hydrogens is 136 g/mol. The number of aliphatic carboxylic acids is 1. The average molecular weight is 146 g/mol. The summed E-state index contributed by atoms with van der Waals surface area (Å²) in [6.07, 6.45) is -0.0388. The topological polar surface area (TPSA) is 77.8 Å². The zero-order valence-corrected chi connectivity index (χ0v) is 5.45. The van der Waals surface area contributed by atoms with E-state index in [9.17, 15) is 9.90 Å². The Balaban J connectivity index is 2.54. The average Bonchev–Trinajstić information content (AvgIpc) is 1.81. The predicted octanol–water partition coefficient (Wildman–Crippen LogP) is -0.653. The first-order valence-electron chi connectivity index (χ1n) is 3.19. The van der Waals surface area contributed by atoms with Crippen molar-refractivity contribution >= 4 is 5.97 Å². The van der Waals surface area contributed by atoms with E-state index in [1.807, 2.05) is 0 Å². The van der Waals surface area contributed by atoms with Crippen molar-refractivity contribution in [3.05, 3.63) is 0 Å². The lowest BCUT2D eigenvalue weighted by Gasteiger charge is -2.38. The minimum absolute atomic E-state index is 0.389. The van der Waals surface area contributed by atoms with Crippen molar-refractivity contribution in [2.75, 3.05) is 0 Å². The van der Waals surface area contributed by atoms with Crippen LogP contribution in [0.1, 0.15) is 19.3 Å². The second kappa shape index (κ2) is 2.21. The van der Waals surface area contributed by atoms with Gasteiger partial charge in [-0.3, -0.25) is 0 Å². The quantitative estimate of drug-likeness (QED) is 0.483. The Morgan fingerprint density at radius 3 is 2.10 bits per heavy atom. The first kappa shape index (κ1) is 7.50. The second-order valence-corrected chi connectivity index (χ2v) is 2.70. The van der Waals surface area contributed by atoms with Crippen molar-refractivity contribution in [3.63, 3.8) is 0 Å². The summed E-state index contributed by atoms with van der Waals surface area (Å²) in [7, 11) is 0. The number of hydrogen-bond donors (Lipinski definition) is 3. The van der Waals surface area contributed by atoms with E-state index in [4.69, 9.17) is 10.2 Å². The van der Waals surface area contributed by atoms with Gasteiger partial charge in [0, 0.05) is 0 Å². The van der Waals surface area contributed by atoms with Gasteiger partial charge in [0.1, 0.15) is 5.60 Å². The molecule has 1 aliphatic rings. The van der Waals surface area contributed by atoms with Crippen LogP contribution in [0.2, 0.25) is 0 Å². The van der Waals surface area contributed by atoms with Crippen LogP contribution in [-0.4, -0.2) is 33.0 Å². The highest BCUT2D eigenvalue weighted by Crippen LogP contribution is 2.34. The van der Waals surface area contributed by atoms with E-state index in [0.29, 0.717) is 12.8 Å². The Morgan fingerprint density at radius 1 is 1.50 bits per heavy atom. The molecule has 0 spiro atoms. The van der Waals surface area contributed by atoms with Gasteiger partial charge < -0.3 is 15.3 Å². The molecule has 1 rings (SSSR count). The molecule has 1 fully saturated rings. The van der Waals surface area contributed by atoms with E-state index in [0.717, 1.165) is 6.42 Å². The van der Waals surface area contributed by atoms with Gasteiger partial charge in [0.2, 0.25) is 0 Å². The predicted molar refractivity (Wildman–Crippen MR) is 32.4 cm³/mol. The van der Waals surface area contributed by atoms with Gasteiger partial charge >= 0.3 is 5.97 Å². The molecule has 0 amide bonds. The summed E-state index contributed by atoms with van der Waals surface area (Å²) < 4.78 is 0. The van der Waals surface area contributed by atoms with Crippen molar-refractivity contribution < 1.29 is 20.1 Å². The summed E-state index contributed by atoms with van der Waals surface area (Å²) in [6, 6.07) is 0. The lowest BCUT2D eigenvalue weighted by atomic mass is 9.76. The van der Waals surface area contributed by atoms with Crippen LogP contribution in [0, 0.1) is 0 Å². The molecular formula is C6H10O4. The molecule has 0 aromatic carbocycles. The molecule has 0 heterocycles. The molecule has 1 atom stereocenters. The number of carboxylic acids is 1. The standard InChI is InChI=1S/C6H10O4/c7-4(5(8)9)6(10)2-1-3-6/h4,7,10H,1-3H2,(H,8,9). The van der Waals surface area contributed by atoms with E-state index in [-0.39, 0.29) is 0 Å². The molecule has 0 aromatic rings. The number of rotatable bonds is 2. The monoisotopic (exact) mass is 146 g/mol. The van der Waals surface area contributed by atoms with Crippen LogP contribution in [0.25, 0.3) is 0 Å². The van der Waals surface area contributed by atoms with Gasteiger partial charge in [-0.2, -0.15) is 0 Å². The van der Waals surface area contributed by atoms with Gasteiger partial charge in [0.05, 0.1) is 0 Å². The van der Waals surface area contributed by atoms with Crippen molar-refractivity contribution in [1.29, 1.82) is 0 Å². The highest BCUT2D eigenvalue weighted by molar-refractivity contribution is 5.73. The molecule has 58 valence electrons. The lowest BCUT2D eigenvalue weighted by molar-refractivity contribution is -0.174. The molecule has 10 heavy (non-hydrogen) atoms. The first-order chi connectivity index (χ1) is 4.56. The van der Waals surface area contributed by atoms with Crippen molar-refractivity contribution in [1.82, 2.24) is 0 Å². The van der Waals surface area contributed by atoms with Crippen molar-refractivity contribution in [2.45, 2.75) is 31.0 Å². The fourth-order valence-corrected chi connectivity index (χ4v) is 1.04. The normalized spacial score (nSPS) is 25.0. The summed E-state index contributed by atoms with van der Waals surface area (Å²) in [5.41, 5.74) is -1.34. The van der Waals surface area contributed by atoms with E-state index in [1.165, 1.54) is 0 Å². The molecule has 1 saturated carbocycles. The third-order valence-electron chi connectivity index (χ3n) is 1.96. The van der Waals surface area contributed by atoms with Gasteiger partial charge in [-0.25, -0.2) is 4.79 Å². The second-order valence-electron chi connectivity index (χ2n) is 2.70. The third-order valence-corrected chi connectivity index (χ3v) is 1.96. The number of hydrogen-bond acceptors (Lipinski definition) is 3. The molecule has 0 saturated heterocycles. The molecule has 3 N–H and O–H groups in total. The molecule has 0 bridgehead atoms. The molecule has 0 aliphatic heterocycles. The third kappa shape index (κ3) is 0.998. The largest absolute Gasteiger partial charge is 0.479 e. The number of aliphatic hydroxyl groups excluding tert-OH is 1. The number of carboxylic acid groups (broad SMARTS) is 1. The van der Waals surface area contributed by atoms with E-state index in [1.54, 1.807) is 0 Å². The summed E-state index contributed by atoms with van der Waals surface area (Å²) in [5, 5.41) is 26.3. The Morgan fingerprint density at radius 2 is 2.00 bits per heavy atom. The Bertz CT molecular complexity index is 150. The molecule has 0 aromatic heterocycles. The zero-order chi connectivity index (χ0) is 7.78. The fourth-order valence-electron chi connectivity index (χ4n) is 1.04. The van der Waals surface area contributed by atoms with Crippen LogP contribution < -0.4 is 0 Å². The summed E-state index contributed by atoms with van der Waals surface area (Å²) in [4.78, 5) is 10.1. The van der Waals surface area contributed by atoms with Crippen molar-refractivity contribution in [2.24, 2.45) is 0 Å². The molecule has 1 unspecified atom stereocenters. The first-order valence-corrected chi connectivity index (χ1v) is 3.19. The SMILES string of the molecule is O=C(O)C(O)C1(O)CCC1. The summed E-state index contributed by atoms with van der Waals surface area (Å²) in [6.45, 7) is 0. The smallest absolute Gasteiger partial charge is 0.335 e. The zero-order valence-electron chi connectivity index (χ0n) is 5.45. The minimum atomic E-state index is -1.61. The Labute approximate surface area is 58.1 Å². The van der Waals surface area contributed by atoms with Crippen LogP contribution >= 0.6 is 0 Å². The lowest BCUT2D eigenvalue weighted by Crippen LogP contribution is -2.51. The van der Waals surface area contributed by atoms with Crippen LogP contribution in [-0.2, 0) is 4.79 Å². The van der Waals surface area contributed by atoms with Gasteiger partial charge in [0.25, 0.3) is 0 Å². The molecule has 1 aliphatic carbocycles. The maximum Gasteiger partial charge on any atom is 0.335 e. The molecule has 4 nitrogen and oxygen atoms in total. The summed E-state index contributed by atoms with van der Waals surface area (Å²) >= 11 is 0. The van der Waals surface area contributed by atoms with Gasteiger partial charge in [-0.05, 0) is 19.3 Å². The van der Waals surface area contributed by atoms with Crippen LogP contribution in [0.15, 0.2) is 0 Å². The highest BCUT2D eigenvalue weighted by atomic mass is 16.4. The van der Waals surface area contributed by atoms with Crippen LogP contribution in [0.4, 0.5) is 0 Å².